The first-order chi connectivity index (χ1) is 18.0. The first kappa shape index (κ1) is 29.1. The molecule has 1 saturated carbocycles. The monoisotopic (exact) mass is 575 g/mol. The second-order valence-electron chi connectivity index (χ2n) is 11.8. The maximum absolute atomic E-state index is 15.0. The van der Waals surface area contributed by atoms with Crippen molar-refractivity contribution < 1.29 is 36.7 Å². The van der Waals surface area contributed by atoms with E-state index in [4.69, 9.17) is 11.6 Å². The van der Waals surface area contributed by atoms with Crippen LogP contribution < -0.4 is 16.0 Å². The average molecular weight is 576 g/mol. The Hall–Kier alpha value is -2.88. The van der Waals surface area contributed by atoms with Crippen molar-refractivity contribution in [1.82, 2.24) is 20.9 Å². The van der Waals surface area contributed by atoms with E-state index in [9.17, 15) is 33.2 Å². The number of allylic oxidation sites excluding steroid dienone is 2. The van der Waals surface area contributed by atoms with Crippen molar-refractivity contribution in [3.05, 3.63) is 12.2 Å². The lowest BCUT2D eigenvalue weighted by Gasteiger charge is -2.37. The van der Waals surface area contributed by atoms with E-state index in [2.05, 4.69) is 10.6 Å². The fourth-order valence-electron chi connectivity index (χ4n) is 6.38. The minimum Gasteiger partial charge on any atom is -0.356 e. The van der Waals surface area contributed by atoms with Crippen LogP contribution in [0.5, 0.6) is 0 Å². The molecule has 8 unspecified atom stereocenters. The molecule has 9 nitrogen and oxygen atoms in total. The van der Waals surface area contributed by atoms with Crippen molar-refractivity contribution in [3.8, 4) is 6.07 Å². The van der Waals surface area contributed by atoms with Gasteiger partial charge in [0.1, 0.15) is 18.1 Å². The zero-order chi connectivity index (χ0) is 29.1. The van der Waals surface area contributed by atoms with E-state index >= 15 is 8.78 Å². The van der Waals surface area contributed by atoms with Gasteiger partial charge in [-0.2, -0.15) is 14.0 Å². The lowest BCUT2D eigenvalue weighted by Crippen LogP contribution is -2.60. The zero-order valence-corrected chi connectivity index (χ0v) is 22.3. The summed E-state index contributed by atoms with van der Waals surface area (Å²) in [5.41, 5.74) is -1.13. The largest absolute Gasteiger partial charge is 0.399 e. The molecule has 0 aromatic rings. The molecule has 0 aromatic carbocycles. The maximum Gasteiger partial charge on any atom is 0.399 e. The first-order valence-corrected chi connectivity index (χ1v) is 13.1. The van der Waals surface area contributed by atoms with Gasteiger partial charge in [0.2, 0.25) is 17.7 Å². The molecule has 2 aliphatic heterocycles. The fourth-order valence-corrected chi connectivity index (χ4v) is 6.43. The van der Waals surface area contributed by atoms with Crippen LogP contribution in [-0.4, -0.2) is 71.0 Å². The van der Waals surface area contributed by atoms with Gasteiger partial charge in [0.15, 0.2) is 0 Å². The lowest BCUT2D eigenvalue weighted by molar-refractivity contribution is -0.148. The SMILES string of the molecule is CC(C)(C)C(NC(=O)C(F)(F)Cl)C(=O)N1CC2C(C1C(=O)NC(C#N)CC1CCNC1=O)C1C=CC2C1(F)F. The molecule has 8 atom stereocenters. The summed E-state index contributed by atoms with van der Waals surface area (Å²) in [7, 11) is 0. The van der Waals surface area contributed by atoms with Crippen molar-refractivity contribution in [2.75, 3.05) is 13.1 Å². The quantitative estimate of drug-likeness (QED) is 0.242. The smallest absolute Gasteiger partial charge is 0.356 e. The van der Waals surface area contributed by atoms with Crippen LogP contribution in [0.4, 0.5) is 17.6 Å². The van der Waals surface area contributed by atoms with Gasteiger partial charge >= 0.3 is 11.3 Å². The van der Waals surface area contributed by atoms with Crippen LogP contribution in [0.15, 0.2) is 12.2 Å². The summed E-state index contributed by atoms with van der Waals surface area (Å²) in [6.07, 6.45) is 3.14. The van der Waals surface area contributed by atoms with Crippen LogP contribution in [0.2, 0.25) is 0 Å². The summed E-state index contributed by atoms with van der Waals surface area (Å²) in [6, 6.07) is -2.24. The predicted octanol–water partition coefficient (Wildman–Crippen LogP) is 1.78. The van der Waals surface area contributed by atoms with Gasteiger partial charge in [-0.25, -0.2) is 8.78 Å². The Bertz CT molecular complexity index is 1130. The average Bonchev–Trinajstić information content (AvgIpc) is 3.54. The van der Waals surface area contributed by atoms with Gasteiger partial charge in [-0.05, 0) is 35.8 Å². The molecule has 0 spiro atoms. The predicted molar refractivity (Wildman–Crippen MR) is 129 cm³/mol. The summed E-state index contributed by atoms with van der Waals surface area (Å²) in [4.78, 5) is 52.4. The highest BCUT2D eigenvalue weighted by atomic mass is 35.5. The number of halogens is 5. The molecular weight excluding hydrogens is 546 g/mol. The van der Waals surface area contributed by atoms with E-state index in [0.717, 1.165) is 4.90 Å². The molecule has 3 fully saturated rings. The van der Waals surface area contributed by atoms with Gasteiger partial charge in [0.05, 0.1) is 6.07 Å². The van der Waals surface area contributed by atoms with Crippen LogP contribution in [0.3, 0.4) is 0 Å². The third-order valence-corrected chi connectivity index (χ3v) is 8.42. The first-order valence-electron chi connectivity index (χ1n) is 12.7. The maximum atomic E-state index is 15.0. The fraction of sp³-hybridized carbons (Fsp3) is 0.720. The molecule has 3 N–H and O–H groups in total. The van der Waals surface area contributed by atoms with Gasteiger partial charge in [-0.1, -0.05) is 32.9 Å². The number of nitrogens with one attached hydrogen (secondary N) is 3. The molecule has 4 rings (SSSR count). The number of carbonyl (C=O) groups is 4. The number of alkyl halides is 5. The molecule has 0 aromatic heterocycles. The number of nitriles is 1. The highest BCUT2D eigenvalue weighted by Gasteiger charge is 2.70. The second kappa shape index (κ2) is 9.94. The molecular formula is C25H30ClF4N5O4. The summed E-state index contributed by atoms with van der Waals surface area (Å²) in [5, 5.41) is 12.4. The number of hydrogen-bond donors (Lipinski definition) is 3. The summed E-state index contributed by atoms with van der Waals surface area (Å²) >= 11 is 4.85. The number of hydrogen-bond acceptors (Lipinski definition) is 5. The number of amides is 4. The molecule has 14 heteroatoms. The summed E-state index contributed by atoms with van der Waals surface area (Å²) in [6.45, 7) is 4.67. The number of nitrogens with zero attached hydrogens (tertiary/aromatic N) is 2. The molecule has 2 bridgehead atoms. The van der Waals surface area contributed by atoms with Crippen LogP contribution >= 0.6 is 11.6 Å². The lowest BCUT2D eigenvalue weighted by atomic mass is 9.81. The van der Waals surface area contributed by atoms with Crippen LogP contribution in [0, 0.1) is 46.3 Å². The minimum atomic E-state index is -4.31. The summed E-state index contributed by atoms with van der Waals surface area (Å²) in [5.74, 6) is -12.0. The Labute approximate surface area is 227 Å². The molecule has 4 amide bonds. The normalized spacial score (nSPS) is 32.3. The second-order valence-corrected chi connectivity index (χ2v) is 12.2. The number of rotatable bonds is 7. The van der Waals surface area contributed by atoms with Crippen molar-refractivity contribution in [2.45, 2.75) is 63.0 Å². The standard InChI is InChI=1S/C25H30ClF4N5O4/c1-23(2,3)18(34-22(39)25(26,29)30)21(38)35-10-13-14-4-5-15(24(14,27)28)16(13)17(35)20(37)33-12(9-31)8-11-6-7-32-19(11)36/h4-5,11-18H,6-8,10H2,1-3H3,(H,32,36)(H,33,37)(H,34,39). The molecule has 39 heavy (non-hydrogen) atoms. The third kappa shape index (κ3) is 5.19. The highest BCUT2D eigenvalue weighted by Crippen LogP contribution is 2.61. The van der Waals surface area contributed by atoms with Crippen molar-refractivity contribution >= 4 is 35.2 Å². The van der Waals surface area contributed by atoms with E-state index in [1.54, 1.807) is 0 Å². The molecule has 4 aliphatic rings. The Morgan fingerprint density at radius 2 is 1.87 bits per heavy atom. The van der Waals surface area contributed by atoms with Gasteiger partial charge in [0, 0.05) is 36.8 Å². The van der Waals surface area contributed by atoms with E-state index in [1.807, 2.05) is 11.4 Å². The number of fused-ring (bicyclic) bond motifs is 5. The third-order valence-electron chi connectivity index (χ3n) is 8.25. The van der Waals surface area contributed by atoms with E-state index in [1.165, 1.54) is 32.9 Å². The van der Waals surface area contributed by atoms with E-state index in [0.29, 0.717) is 13.0 Å². The summed E-state index contributed by atoms with van der Waals surface area (Å²) < 4.78 is 57.0. The highest BCUT2D eigenvalue weighted by molar-refractivity contribution is 6.32. The van der Waals surface area contributed by atoms with Crippen LogP contribution in [0.1, 0.15) is 33.6 Å². The van der Waals surface area contributed by atoms with Gasteiger partial charge < -0.3 is 20.9 Å². The zero-order valence-electron chi connectivity index (χ0n) is 21.5. The van der Waals surface area contributed by atoms with E-state index < -0.39 is 82.2 Å². The Kier molecular flexibility index (Phi) is 7.42. The molecule has 2 aliphatic carbocycles. The van der Waals surface area contributed by atoms with Gasteiger partial charge in [-0.15, -0.1) is 0 Å². The topological polar surface area (TPSA) is 131 Å². The molecule has 2 heterocycles. The van der Waals surface area contributed by atoms with Crippen LogP contribution in [-0.2, 0) is 19.2 Å². The van der Waals surface area contributed by atoms with Crippen LogP contribution in [0.25, 0.3) is 0 Å². The molecule has 0 radical (unpaired) electrons. The van der Waals surface area contributed by atoms with Gasteiger partial charge in [-0.3, -0.25) is 19.2 Å². The number of carbonyl (C=O) groups excluding carboxylic acids is 4. The molecule has 214 valence electrons. The Morgan fingerprint density at radius 3 is 2.41 bits per heavy atom. The van der Waals surface area contributed by atoms with Crippen molar-refractivity contribution in [2.24, 2.45) is 35.0 Å². The molecule has 2 saturated heterocycles. The van der Waals surface area contributed by atoms with Crippen molar-refractivity contribution in [3.63, 3.8) is 0 Å². The van der Waals surface area contributed by atoms with Crippen molar-refractivity contribution in [1.29, 1.82) is 5.26 Å². The van der Waals surface area contributed by atoms with E-state index in [-0.39, 0.29) is 18.9 Å². The minimum absolute atomic E-state index is 0.00354. The number of likely N-dealkylation sites (tertiary alicyclic amines) is 1. The van der Waals surface area contributed by atoms with Gasteiger partial charge in [0.25, 0.3) is 5.92 Å². The Morgan fingerprint density at radius 1 is 1.23 bits per heavy atom. The Balaban J connectivity index is 1.64.